The fraction of sp³-hybridized carbons (Fsp3) is 0.846. The minimum atomic E-state index is -0.183. The van der Waals surface area contributed by atoms with Crippen LogP contribution in [0.5, 0.6) is 0 Å². The fourth-order valence-corrected chi connectivity index (χ4v) is 2.28. The van der Waals surface area contributed by atoms with Gasteiger partial charge in [0.05, 0.1) is 11.6 Å². The van der Waals surface area contributed by atoms with Crippen LogP contribution in [0.25, 0.3) is 0 Å². The summed E-state index contributed by atoms with van der Waals surface area (Å²) in [7, 11) is 0. The average molecular weight is 211 g/mol. The zero-order valence-corrected chi connectivity index (χ0v) is 10.4. The molecule has 2 N–H and O–H groups in total. The molecule has 0 spiro atoms. The van der Waals surface area contributed by atoms with Gasteiger partial charge in [-0.3, -0.25) is 0 Å². The van der Waals surface area contributed by atoms with Gasteiger partial charge < -0.3 is 10.5 Å². The van der Waals surface area contributed by atoms with E-state index in [0.717, 1.165) is 19.4 Å². The van der Waals surface area contributed by atoms with Gasteiger partial charge in [-0.25, -0.2) is 0 Å². The first-order chi connectivity index (χ1) is 7.14. The molecule has 1 rings (SSSR count). The summed E-state index contributed by atoms with van der Waals surface area (Å²) in [5, 5.41) is 0. The van der Waals surface area contributed by atoms with Crippen LogP contribution in [0.4, 0.5) is 0 Å². The second-order valence-corrected chi connectivity index (χ2v) is 4.60. The summed E-state index contributed by atoms with van der Waals surface area (Å²) in [4.78, 5) is 0. The van der Waals surface area contributed by atoms with E-state index in [9.17, 15) is 0 Å². The molecule has 0 saturated carbocycles. The van der Waals surface area contributed by atoms with E-state index in [0.29, 0.717) is 0 Å². The number of ether oxygens (including phenoxy) is 1. The van der Waals surface area contributed by atoms with Crippen LogP contribution in [0.15, 0.2) is 11.6 Å². The Hall–Kier alpha value is -0.340. The van der Waals surface area contributed by atoms with E-state index >= 15 is 0 Å². The van der Waals surface area contributed by atoms with Crippen molar-refractivity contribution in [1.82, 2.24) is 0 Å². The highest BCUT2D eigenvalue weighted by molar-refractivity contribution is 5.17. The minimum Gasteiger partial charge on any atom is -0.374 e. The minimum absolute atomic E-state index is 0.0720. The van der Waals surface area contributed by atoms with E-state index in [1.807, 2.05) is 6.92 Å². The largest absolute Gasteiger partial charge is 0.374 e. The average Bonchev–Trinajstić information content (AvgIpc) is 2.29. The normalized spacial score (nSPS) is 23.1. The SMILES string of the molecule is CCOC(C)(CC)C(N)C1=CCCCC1. The van der Waals surface area contributed by atoms with E-state index in [-0.39, 0.29) is 11.6 Å². The molecule has 0 heterocycles. The molecule has 0 aliphatic heterocycles. The van der Waals surface area contributed by atoms with Crippen LogP contribution in [0.2, 0.25) is 0 Å². The Morgan fingerprint density at radius 3 is 2.67 bits per heavy atom. The third-order valence-electron chi connectivity index (χ3n) is 3.56. The van der Waals surface area contributed by atoms with Gasteiger partial charge in [-0.1, -0.05) is 18.6 Å². The lowest BCUT2D eigenvalue weighted by molar-refractivity contribution is -0.0393. The van der Waals surface area contributed by atoms with Crippen molar-refractivity contribution in [3.8, 4) is 0 Å². The van der Waals surface area contributed by atoms with E-state index in [4.69, 9.17) is 10.5 Å². The molecule has 0 fully saturated rings. The van der Waals surface area contributed by atoms with E-state index < -0.39 is 0 Å². The van der Waals surface area contributed by atoms with E-state index in [1.54, 1.807) is 0 Å². The van der Waals surface area contributed by atoms with Gasteiger partial charge in [0.1, 0.15) is 0 Å². The summed E-state index contributed by atoms with van der Waals surface area (Å²) in [6.07, 6.45) is 8.23. The molecule has 1 aliphatic rings. The molecule has 88 valence electrons. The monoisotopic (exact) mass is 211 g/mol. The molecule has 1 aliphatic carbocycles. The lowest BCUT2D eigenvalue weighted by Gasteiger charge is -2.36. The first-order valence-corrected chi connectivity index (χ1v) is 6.22. The molecule has 0 radical (unpaired) electrons. The zero-order valence-electron chi connectivity index (χ0n) is 10.4. The van der Waals surface area contributed by atoms with Crippen molar-refractivity contribution in [2.24, 2.45) is 5.73 Å². The van der Waals surface area contributed by atoms with Gasteiger partial charge in [0.15, 0.2) is 0 Å². The summed E-state index contributed by atoms with van der Waals surface area (Å²) >= 11 is 0. The molecule has 2 unspecified atom stereocenters. The number of hydrogen-bond acceptors (Lipinski definition) is 2. The Morgan fingerprint density at radius 1 is 1.47 bits per heavy atom. The van der Waals surface area contributed by atoms with Gasteiger partial charge in [-0.2, -0.15) is 0 Å². The topological polar surface area (TPSA) is 35.2 Å². The maximum atomic E-state index is 6.33. The molecule has 0 amide bonds. The van der Waals surface area contributed by atoms with Crippen LogP contribution in [-0.4, -0.2) is 18.2 Å². The molecule has 0 aromatic heterocycles. The van der Waals surface area contributed by atoms with Crippen molar-refractivity contribution in [3.63, 3.8) is 0 Å². The number of hydrogen-bond donors (Lipinski definition) is 1. The molecule has 2 heteroatoms. The highest BCUT2D eigenvalue weighted by Gasteiger charge is 2.32. The Morgan fingerprint density at radius 2 is 2.20 bits per heavy atom. The Bertz CT molecular complexity index is 225. The van der Waals surface area contributed by atoms with Crippen LogP contribution < -0.4 is 5.73 Å². The maximum Gasteiger partial charge on any atom is 0.0840 e. The van der Waals surface area contributed by atoms with E-state index in [2.05, 4.69) is 19.9 Å². The molecule has 2 atom stereocenters. The lowest BCUT2D eigenvalue weighted by atomic mass is 9.83. The molecule has 15 heavy (non-hydrogen) atoms. The molecule has 0 aromatic carbocycles. The molecule has 0 bridgehead atoms. The summed E-state index contributed by atoms with van der Waals surface area (Å²) < 4.78 is 5.83. The third kappa shape index (κ3) is 3.05. The summed E-state index contributed by atoms with van der Waals surface area (Å²) in [5.74, 6) is 0. The van der Waals surface area contributed by atoms with Crippen LogP contribution in [0, 0.1) is 0 Å². The van der Waals surface area contributed by atoms with Crippen molar-refractivity contribution in [3.05, 3.63) is 11.6 Å². The van der Waals surface area contributed by atoms with Crippen molar-refractivity contribution in [2.45, 2.75) is 64.5 Å². The Balaban J connectivity index is 2.70. The Labute approximate surface area is 93.9 Å². The first kappa shape index (κ1) is 12.7. The van der Waals surface area contributed by atoms with Gasteiger partial charge in [-0.05, 0) is 46.0 Å². The van der Waals surface area contributed by atoms with Crippen LogP contribution in [0.3, 0.4) is 0 Å². The van der Waals surface area contributed by atoms with Gasteiger partial charge in [0.2, 0.25) is 0 Å². The highest BCUT2D eigenvalue weighted by atomic mass is 16.5. The predicted molar refractivity (Wildman–Crippen MR) is 64.8 cm³/mol. The number of rotatable bonds is 5. The second-order valence-electron chi connectivity index (χ2n) is 4.60. The van der Waals surface area contributed by atoms with Crippen molar-refractivity contribution in [2.75, 3.05) is 6.61 Å². The third-order valence-corrected chi connectivity index (χ3v) is 3.56. The quantitative estimate of drug-likeness (QED) is 0.709. The van der Waals surface area contributed by atoms with Crippen LogP contribution in [0.1, 0.15) is 52.9 Å². The van der Waals surface area contributed by atoms with Gasteiger partial charge in [0, 0.05) is 6.61 Å². The van der Waals surface area contributed by atoms with Crippen molar-refractivity contribution >= 4 is 0 Å². The molecule has 2 nitrogen and oxygen atoms in total. The van der Waals surface area contributed by atoms with Crippen molar-refractivity contribution < 1.29 is 4.74 Å². The summed E-state index contributed by atoms with van der Waals surface area (Å²) in [6, 6.07) is 0.0720. The zero-order chi connectivity index (χ0) is 11.3. The molecular weight excluding hydrogens is 186 g/mol. The molecule has 0 aromatic rings. The molecule has 0 saturated heterocycles. The maximum absolute atomic E-state index is 6.33. The Kier molecular flexibility index (Phi) is 4.81. The molecular formula is C13H25NO. The van der Waals surface area contributed by atoms with E-state index in [1.165, 1.54) is 24.8 Å². The smallest absolute Gasteiger partial charge is 0.0840 e. The summed E-state index contributed by atoms with van der Waals surface area (Å²) in [5.41, 5.74) is 7.55. The van der Waals surface area contributed by atoms with Crippen LogP contribution in [-0.2, 0) is 4.74 Å². The van der Waals surface area contributed by atoms with Crippen molar-refractivity contribution in [1.29, 1.82) is 0 Å². The van der Waals surface area contributed by atoms with Gasteiger partial charge in [-0.15, -0.1) is 0 Å². The number of nitrogens with two attached hydrogens (primary N) is 1. The van der Waals surface area contributed by atoms with Crippen LogP contribution >= 0.6 is 0 Å². The highest BCUT2D eigenvalue weighted by Crippen LogP contribution is 2.29. The standard InChI is InChI=1S/C13H25NO/c1-4-13(3,15-5-2)12(14)11-9-7-6-8-10-11/h9,12H,4-8,10,14H2,1-3H3. The predicted octanol–water partition coefficient (Wildman–Crippen LogP) is 3.02. The lowest BCUT2D eigenvalue weighted by Crippen LogP contribution is -2.48. The van der Waals surface area contributed by atoms with Gasteiger partial charge >= 0.3 is 0 Å². The fourth-order valence-electron chi connectivity index (χ4n) is 2.28. The van der Waals surface area contributed by atoms with Gasteiger partial charge in [0.25, 0.3) is 0 Å². The number of allylic oxidation sites excluding steroid dienone is 1. The first-order valence-electron chi connectivity index (χ1n) is 6.22. The summed E-state index contributed by atoms with van der Waals surface area (Å²) in [6.45, 7) is 7.07. The second kappa shape index (κ2) is 5.66.